The molecular formula is C18H33N3O3. The van der Waals surface area contributed by atoms with Crippen LogP contribution in [0.5, 0.6) is 0 Å². The SMILES string of the molecule is CCN1CCCC1CNC(=O)C1CCN(C(=O)OC(C)(C)C)CC1. The number of likely N-dealkylation sites (tertiary alicyclic amines) is 2. The fraction of sp³-hybridized carbons (Fsp3) is 0.889. The fourth-order valence-corrected chi connectivity index (χ4v) is 3.56. The number of likely N-dealkylation sites (N-methyl/N-ethyl adjacent to an activating group) is 1. The van der Waals surface area contributed by atoms with Gasteiger partial charge in [-0.05, 0) is 59.5 Å². The fourth-order valence-electron chi connectivity index (χ4n) is 3.56. The highest BCUT2D eigenvalue weighted by molar-refractivity contribution is 5.79. The molecule has 0 aromatic rings. The van der Waals surface area contributed by atoms with Crippen molar-refractivity contribution in [2.75, 3.05) is 32.7 Å². The minimum Gasteiger partial charge on any atom is -0.444 e. The lowest BCUT2D eigenvalue weighted by atomic mass is 9.96. The highest BCUT2D eigenvalue weighted by Gasteiger charge is 2.30. The average Bonchev–Trinajstić information content (AvgIpc) is 2.98. The number of hydrogen-bond acceptors (Lipinski definition) is 4. The molecule has 0 aromatic carbocycles. The second kappa shape index (κ2) is 8.19. The van der Waals surface area contributed by atoms with Crippen molar-refractivity contribution in [3.8, 4) is 0 Å². The van der Waals surface area contributed by atoms with E-state index in [0.29, 0.717) is 32.0 Å². The quantitative estimate of drug-likeness (QED) is 0.853. The standard InChI is InChI=1S/C18H33N3O3/c1-5-20-10-6-7-15(20)13-19-16(22)14-8-11-21(12-9-14)17(23)24-18(2,3)4/h14-15H,5-13H2,1-4H3,(H,19,22). The maximum Gasteiger partial charge on any atom is 0.410 e. The summed E-state index contributed by atoms with van der Waals surface area (Å²) < 4.78 is 5.39. The third-order valence-corrected chi connectivity index (χ3v) is 4.93. The van der Waals surface area contributed by atoms with E-state index in [9.17, 15) is 9.59 Å². The molecular weight excluding hydrogens is 306 g/mol. The van der Waals surface area contributed by atoms with E-state index in [-0.39, 0.29) is 17.9 Å². The molecule has 2 saturated heterocycles. The number of ether oxygens (including phenoxy) is 1. The molecule has 2 rings (SSSR count). The predicted molar refractivity (Wildman–Crippen MR) is 93.8 cm³/mol. The zero-order chi connectivity index (χ0) is 17.7. The Kier molecular flexibility index (Phi) is 6.49. The Morgan fingerprint density at radius 2 is 1.79 bits per heavy atom. The number of amides is 2. The highest BCUT2D eigenvalue weighted by Crippen LogP contribution is 2.20. The summed E-state index contributed by atoms with van der Waals surface area (Å²) in [6.45, 7) is 11.9. The molecule has 0 aliphatic carbocycles. The van der Waals surface area contributed by atoms with E-state index < -0.39 is 5.60 Å². The van der Waals surface area contributed by atoms with E-state index in [1.165, 1.54) is 12.8 Å². The summed E-state index contributed by atoms with van der Waals surface area (Å²) in [5, 5.41) is 3.13. The van der Waals surface area contributed by atoms with Crippen LogP contribution in [0.2, 0.25) is 0 Å². The third-order valence-electron chi connectivity index (χ3n) is 4.93. The van der Waals surface area contributed by atoms with Crippen LogP contribution in [0.3, 0.4) is 0 Å². The molecule has 0 bridgehead atoms. The van der Waals surface area contributed by atoms with Crippen LogP contribution >= 0.6 is 0 Å². The van der Waals surface area contributed by atoms with Crippen molar-refractivity contribution in [1.82, 2.24) is 15.1 Å². The summed E-state index contributed by atoms with van der Waals surface area (Å²) in [4.78, 5) is 28.6. The van der Waals surface area contributed by atoms with Crippen LogP contribution in [0.4, 0.5) is 4.79 Å². The van der Waals surface area contributed by atoms with Crippen molar-refractivity contribution in [3.63, 3.8) is 0 Å². The molecule has 2 fully saturated rings. The maximum absolute atomic E-state index is 12.4. The second-order valence-electron chi connectivity index (χ2n) is 7.91. The number of hydrogen-bond donors (Lipinski definition) is 1. The van der Waals surface area contributed by atoms with Crippen LogP contribution in [0.25, 0.3) is 0 Å². The topological polar surface area (TPSA) is 61.9 Å². The Morgan fingerprint density at radius 1 is 1.12 bits per heavy atom. The molecule has 2 aliphatic rings. The smallest absolute Gasteiger partial charge is 0.410 e. The first-order chi connectivity index (χ1) is 11.3. The lowest BCUT2D eigenvalue weighted by molar-refractivity contribution is -0.126. The predicted octanol–water partition coefficient (Wildman–Crippen LogP) is 2.23. The van der Waals surface area contributed by atoms with E-state index in [0.717, 1.165) is 19.6 Å². The van der Waals surface area contributed by atoms with Crippen molar-refractivity contribution < 1.29 is 14.3 Å². The van der Waals surface area contributed by atoms with Crippen LogP contribution in [0, 0.1) is 5.92 Å². The summed E-state index contributed by atoms with van der Waals surface area (Å²) >= 11 is 0. The molecule has 24 heavy (non-hydrogen) atoms. The lowest BCUT2D eigenvalue weighted by Crippen LogP contribution is -2.46. The largest absolute Gasteiger partial charge is 0.444 e. The average molecular weight is 339 g/mol. The van der Waals surface area contributed by atoms with Gasteiger partial charge in [-0.1, -0.05) is 6.92 Å². The van der Waals surface area contributed by atoms with Gasteiger partial charge in [0.1, 0.15) is 5.60 Å². The zero-order valence-electron chi connectivity index (χ0n) is 15.6. The van der Waals surface area contributed by atoms with E-state index in [1.54, 1.807) is 4.90 Å². The van der Waals surface area contributed by atoms with Gasteiger partial charge in [-0.25, -0.2) is 4.79 Å². The van der Waals surface area contributed by atoms with Gasteiger partial charge in [-0.15, -0.1) is 0 Å². The molecule has 2 aliphatic heterocycles. The van der Waals surface area contributed by atoms with Gasteiger partial charge in [0.05, 0.1) is 0 Å². The molecule has 6 heteroatoms. The molecule has 1 N–H and O–H groups in total. The Bertz CT molecular complexity index is 439. The Balaban J connectivity index is 1.71. The summed E-state index contributed by atoms with van der Waals surface area (Å²) in [5.74, 6) is 0.155. The Labute approximate surface area is 145 Å². The molecule has 2 heterocycles. The first-order valence-electron chi connectivity index (χ1n) is 9.30. The van der Waals surface area contributed by atoms with Crippen molar-refractivity contribution >= 4 is 12.0 Å². The van der Waals surface area contributed by atoms with Crippen LogP contribution in [0.15, 0.2) is 0 Å². The number of carbonyl (C=O) groups is 2. The monoisotopic (exact) mass is 339 g/mol. The number of piperidine rings is 1. The van der Waals surface area contributed by atoms with Gasteiger partial charge in [0.2, 0.25) is 5.91 Å². The van der Waals surface area contributed by atoms with E-state index in [4.69, 9.17) is 4.74 Å². The normalized spacial score (nSPS) is 23.3. The highest BCUT2D eigenvalue weighted by atomic mass is 16.6. The molecule has 1 unspecified atom stereocenters. The molecule has 0 saturated carbocycles. The van der Waals surface area contributed by atoms with Gasteiger partial charge in [-0.2, -0.15) is 0 Å². The van der Waals surface area contributed by atoms with Gasteiger partial charge in [0.25, 0.3) is 0 Å². The van der Waals surface area contributed by atoms with Crippen molar-refractivity contribution in [1.29, 1.82) is 0 Å². The van der Waals surface area contributed by atoms with Gasteiger partial charge >= 0.3 is 6.09 Å². The van der Waals surface area contributed by atoms with E-state index >= 15 is 0 Å². The Morgan fingerprint density at radius 3 is 2.38 bits per heavy atom. The summed E-state index contributed by atoms with van der Waals surface area (Å²) in [6.07, 6.45) is 3.56. The van der Waals surface area contributed by atoms with Gasteiger partial charge < -0.3 is 15.0 Å². The number of nitrogens with one attached hydrogen (secondary N) is 1. The van der Waals surface area contributed by atoms with E-state index in [2.05, 4.69) is 17.1 Å². The molecule has 2 amide bonds. The number of nitrogens with zero attached hydrogens (tertiary/aromatic N) is 2. The second-order valence-corrected chi connectivity index (χ2v) is 7.91. The molecule has 0 radical (unpaired) electrons. The van der Waals surface area contributed by atoms with Crippen molar-refractivity contribution in [3.05, 3.63) is 0 Å². The van der Waals surface area contributed by atoms with E-state index in [1.807, 2.05) is 20.8 Å². The first kappa shape index (κ1) is 19.0. The maximum atomic E-state index is 12.4. The molecule has 1 atom stereocenters. The van der Waals surface area contributed by atoms with Crippen molar-refractivity contribution in [2.24, 2.45) is 5.92 Å². The van der Waals surface area contributed by atoms with Gasteiger partial charge in [-0.3, -0.25) is 9.69 Å². The van der Waals surface area contributed by atoms with Crippen LogP contribution in [0.1, 0.15) is 53.4 Å². The molecule has 138 valence electrons. The molecule has 0 spiro atoms. The zero-order valence-corrected chi connectivity index (χ0v) is 15.6. The van der Waals surface area contributed by atoms with Gasteiger partial charge in [0, 0.05) is 31.6 Å². The van der Waals surface area contributed by atoms with Crippen LogP contribution < -0.4 is 5.32 Å². The molecule has 6 nitrogen and oxygen atoms in total. The first-order valence-corrected chi connectivity index (χ1v) is 9.30. The Hall–Kier alpha value is -1.30. The number of rotatable bonds is 4. The minimum absolute atomic E-state index is 0.0140. The molecule has 0 aromatic heterocycles. The number of carbonyl (C=O) groups excluding carboxylic acids is 2. The minimum atomic E-state index is -0.474. The van der Waals surface area contributed by atoms with Crippen LogP contribution in [-0.4, -0.2) is 66.2 Å². The summed E-state index contributed by atoms with van der Waals surface area (Å²) in [5.41, 5.74) is -0.474. The van der Waals surface area contributed by atoms with Crippen molar-refractivity contribution in [2.45, 2.75) is 65.0 Å². The summed E-state index contributed by atoms with van der Waals surface area (Å²) in [7, 11) is 0. The lowest BCUT2D eigenvalue weighted by Gasteiger charge is -2.33. The van der Waals surface area contributed by atoms with Gasteiger partial charge in [0.15, 0.2) is 0 Å². The van der Waals surface area contributed by atoms with Crippen LogP contribution in [-0.2, 0) is 9.53 Å². The third kappa shape index (κ3) is 5.36. The summed E-state index contributed by atoms with van der Waals surface area (Å²) in [6, 6.07) is 0.487.